The van der Waals surface area contributed by atoms with Gasteiger partial charge in [0.2, 0.25) is 0 Å². The molecule has 0 bridgehead atoms. The first kappa shape index (κ1) is 49.8. The molecule has 0 aliphatic carbocycles. The van der Waals surface area contributed by atoms with Gasteiger partial charge in [-0.15, -0.1) is 53.6 Å². The summed E-state index contributed by atoms with van der Waals surface area (Å²) >= 11 is 0. The predicted molar refractivity (Wildman–Crippen MR) is 288 cm³/mol. The van der Waals surface area contributed by atoms with Crippen LogP contribution in [0.2, 0.25) is 0 Å². The summed E-state index contributed by atoms with van der Waals surface area (Å²) in [6, 6.07) is 49.8. The number of hydrogen-bond acceptors (Lipinski definition) is 4. The number of hydrogen-bond donors (Lipinski definition) is 0. The van der Waals surface area contributed by atoms with Gasteiger partial charge in [0.1, 0.15) is 5.82 Å². The molecule has 9 rings (SSSR count). The van der Waals surface area contributed by atoms with Gasteiger partial charge in [-0.3, -0.25) is 0 Å². The first-order valence-electron chi connectivity index (χ1n) is 24.6. The Hall–Kier alpha value is -5.64. The summed E-state index contributed by atoms with van der Waals surface area (Å²) in [6.07, 6.45) is 1.91. The van der Waals surface area contributed by atoms with Gasteiger partial charge >= 0.3 is 0 Å². The quantitative estimate of drug-likeness (QED) is 0.135. The molecular formula is C63H69N4OPt-3. The SMILES string of the molecule is CC(C)c1cc(C(C)C)c(-c2ccc3c(c2)N(c2cccc(C(C)(C)C)c2)[CH-]N3c2[c-]c(Oc3[c-]c4c(cc3)c3ccccc3n4-c3cc(C(C)(C)C)ccn3)cc(C(C)(C)C)c2)c(C(C)C)c1.[Pt]. The van der Waals surface area contributed by atoms with Crippen molar-refractivity contribution in [1.29, 1.82) is 0 Å². The fraction of sp³-hybridized carbons (Fsp3) is 0.333. The van der Waals surface area contributed by atoms with E-state index < -0.39 is 0 Å². The molecule has 0 spiro atoms. The number of rotatable bonds is 9. The zero-order valence-electron chi connectivity index (χ0n) is 43.4. The molecule has 69 heavy (non-hydrogen) atoms. The molecule has 3 heterocycles. The molecule has 6 heteroatoms. The van der Waals surface area contributed by atoms with Crippen LogP contribution in [0.4, 0.5) is 22.7 Å². The molecule has 0 unspecified atom stereocenters. The van der Waals surface area contributed by atoms with Crippen LogP contribution in [0.1, 0.15) is 155 Å². The summed E-state index contributed by atoms with van der Waals surface area (Å²) in [4.78, 5) is 9.56. The number of para-hydroxylation sites is 1. The van der Waals surface area contributed by atoms with Crippen LogP contribution in [0.25, 0.3) is 38.8 Å². The van der Waals surface area contributed by atoms with E-state index in [1.54, 1.807) is 0 Å². The van der Waals surface area contributed by atoms with E-state index in [1.807, 2.05) is 12.3 Å². The second kappa shape index (κ2) is 18.6. The number of fused-ring (bicyclic) bond motifs is 4. The molecule has 2 aromatic heterocycles. The van der Waals surface area contributed by atoms with Crippen molar-refractivity contribution in [3.63, 3.8) is 0 Å². The largest absolute Gasteiger partial charge is 0.509 e. The molecule has 0 radical (unpaired) electrons. The van der Waals surface area contributed by atoms with Gasteiger partial charge < -0.3 is 19.1 Å². The van der Waals surface area contributed by atoms with Crippen LogP contribution in [-0.2, 0) is 37.3 Å². The van der Waals surface area contributed by atoms with E-state index in [-0.39, 0.29) is 37.3 Å². The number of pyridine rings is 1. The van der Waals surface area contributed by atoms with Crippen LogP contribution < -0.4 is 14.5 Å². The van der Waals surface area contributed by atoms with Gasteiger partial charge in [-0.05, 0) is 121 Å². The normalized spacial score (nSPS) is 13.3. The van der Waals surface area contributed by atoms with Crippen molar-refractivity contribution in [2.75, 3.05) is 9.80 Å². The van der Waals surface area contributed by atoms with Crippen LogP contribution in [-0.4, -0.2) is 9.55 Å². The number of nitrogens with zero attached hydrogens (tertiary/aromatic N) is 4. The van der Waals surface area contributed by atoms with Crippen molar-refractivity contribution in [2.24, 2.45) is 0 Å². The monoisotopic (exact) mass is 1090 g/mol. The van der Waals surface area contributed by atoms with Gasteiger partial charge in [0, 0.05) is 61.3 Å². The van der Waals surface area contributed by atoms with Crippen molar-refractivity contribution < 1.29 is 25.8 Å². The Morgan fingerprint density at radius 3 is 1.87 bits per heavy atom. The molecule has 0 atom stereocenters. The zero-order chi connectivity index (χ0) is 48.6. The second-order valence-electron chi connectivity index (χ2n) is 23.0. The van der Waals surface area contributed by atoms with E-state index in [0.717, 1.165) is 55.9 Å². The van der Waals surface area contributed by atoms with Crippen LogP contribution in [0.5, 0.6) is 11.5 Å². The van der Waals surface area contributed by atoms with Gasteiger partial charge in [-0.25, -0.2) is 4.98 Å². The molecule has 360 valence electrons. The zero-order valence-corrected chi connectivity index (χ0v) is 45.6. The van der Waals surface area contributed by atoms with Gasteiger partial charge in [-0.2, -0.15) is 6.07 Å². The molecule has 6 aromatic carbocycles. The molecule has 1 aliphatic heterocycles. The third-order valence-corrected chi connectivity index (χ3v) is 13.7. The van der Waals surface area contributed by atoms with E-state index in [2.05, 4.69) is 246 Å². The van der Waals surface area contributed by atoms with Crippen molar-refractivity contribution in [1.82, 2.24) is 9.55 Å². The van der Waals surface area contributed by atoms with Crippen LogP contribution >= 0.6 is 0 Å². The van der Waals surface area contributed by atoms with E-state index in [9.17, 15) is 0 Å². The minimum atomic E-state index is -0.179. The summed E-state index contributed by atoms with van der Waals surface area (Å²) in [5, 5.41) is 2.24. The molecule has 0 N–H and O–H groups in total. The maximum absolute atomic E-state index is 6.92. The predicted octanol–water partition coefficient (Wildman–Crippen LogP) is 17.9. The standard InChI is InChI=1S/C63H69N4O.Pt/c1-39(2)43-29-53(40(3)4)60(54(30-43)41(5)6)42-23-26-56-58(31-42)65(47-20-18-19-44(32-47)61(7,8)9)38-66(56)48-33-46(63(13,14)15)34-50(36-48)68-49-24-25-52-51-21-16-17-22-55(51)67(57(52)37-49)59-35-45(27-28-64-59)62(10,11)12;/h16-35,38-41H,1-15H3;/q-3;. The Morgan fingerprint density at radius 2 is 1.22 bits per heavy atom. The Labute approximate surface area is 427 Å². The second-order valence-corrected chi connectivity index (χ2v) is 23.0. The van der Waals surface area contributed by atoms with Crippen molar-refractivity contribution in [3.05, 3.63) is 174 Å². The fourth-order valence-electron chi connectivity index (χ4n) is 9.57. The van der Waals surface area contributed by atoms with E-state index in [0.29, 0.717) is 29.3 Å². The van der Waals surface area contributed by atoms with E-state index in [1.165, 1.54) is 38.9 Å². The average molecular weight is 1090 g/mol. The summed E-state index contributed by atoms with van der Waals surface area (Å²) in [5.41, 5.74) is 16.4. The Bertz CT molecular complexity index is 3160. The molecule has 8 aromatic rings. The van der Waals surface area contributed by atoms with Crippen LogP contribution in [0, 0.1) is 18.8 Å². The van der Waals surface area contributed by atoms with Crippen molar-refractivity contribution in [3.8, 4) is 28.4 Å². The van der Waals surface area contributed by atoms with Gasteiger partial charge in [0.25, 0.3) is 0 Å². The molecule has 1 aliphatic rings. The first-order chi connectivity index (χ1) is 32.1. The topological polar surface area (TPSA) is 33.5 Å². The minimum Gasteiger partial charge on any atom is -0.509 e. The molecular weight excluding hydrogens is 1020 g/mol. The smallest absolute Gasteiger partial charge is 0.135 e. The van der Waals surface area contributed by atoms with Gasteiger partial charge in [0.05, 0.1) is 0 Å². The summed E-state index contributed by atoms with van der Waals surface area (Å²) in [7, 11) is 0. The summed E-state index contributed by atoms with van der Waals surface area (Å²) in [6.45, 7) is 36.5. The minimum absolute atomic E-state index is 0. The molecule has 5 nitrogen and oxygen atoms in total. The molecule has 0 saturated carbocycles. The summed E-state index contributed by atoms with van der Waals surface area (Å²) in [5.74, 6) is 3.28. The van der Waals surface area contributed by atoms with Gasteiger partial charge in [0.15, 0.2) is 0 Å². The first-order valence-corrected chi connectivity index (χ1v) is 24.6. The van der Waals surface area contributed by atoms with Gasteiger partial charge in [-0.1, -0.05) is 158 Å². The summed E-state index contributed by atoms with van der Waals surface area (Å²) < 4.78 is 9.13. The Balaban J connectivity index is 0.00000642. The molecule has 0 fully saturated rings. The maximum Gasteiger partial charge on any atom is 0.135 e. The van der Waals surface area contributed by atoms with E-state index in [4.69, 9.17) is 9.72 Å². The number of anilines is 4. The van der Waals surface area contributed by atoms with E-state index >= 15 is 0 Å². The fourth-order valence-corrected chi connectivity index (χ4v) is 9.57. The Kier molecular flexibility index (Phi) is 13.4. The van der Waals surface area contributed by atoms with Crippen molar-refractivity contribution in [2.45, 2.75) is 138 Å². The molecule has 0 amide bonds. The Morgan fingerprint density at radius 1 is 0.551 bits per heavy atom. The number of benzene rings is 6. The number of aromatic nitrogens is 2. The third kappa shape index (κ3) is 9.66. The van der Waals surface area contributed by atoms with Crippen molar-refractivity contribution >= 4 is 44.6 Å². The maximum atomic E-state index is 6.92. The number of ether oxygens (including phenoxy) is 1. The molecule has 0 saturated heterocycles. The van der Waals surface area contributed by atoms with Crippen LogP contribution in [0.3, 0.4) is 0 Å². The third-order valence-electron chi connectivity index (χ3n) is 13.7. The van der Waals surface area contributed by atoms with Crippen LogP contribution in [0.15, 0.2) is 121 Å². The average Bonchev–Trinajstić information content (AvgIpc) is 3.83.